The fraction of sp³-hybridized carbons (Fsp3) is 0.375. The molecule has 2 aliphatic heterocycles. The average molecular weight is 546 g/mol. The number of imide groups is 1. The van der Waals surface area contributed by atoms with Crippen LogP contribution in [-0.2, 0) is 14.9 Å². The van der Waals surface area contributed by atoms with Crippen molar-refractivity contribution in [3.63, 3.8) is 0 Å². The number of nitrogens with zero attached hydrogens (tertiary/aromatic N) is 2. The van der Waals surface area contributed by atoms with E-state index < -0.39 is 6.04 Å². The molecule has 210 valence electrons. The third kappa shape index (κ3) is 5.88. The molecular formula is C32H36FN3O4. The van der Waals surface area contributed by atoms with Crippen LogP contribution in [0.5, 0.6) is 5.75 Å². The topological polar surface area (TPSA) is 71.1 Å². The number of likely N-dealkylation sites (tertiary alicyclic amines) is 1. The molecule has 3 amide bonds. The summed E-state index contributed by atoms with van der Waals surface area (Å²) in [6.07, 6.45) is 2.40. The third-order valence-corrected chi connectivity index (χ3v) is 8.13. The number of urea groups is 1. The van der Waals surface area contributed by atoms with Crippen LogP contribution in [0.15, 0.2) is 78.9 Å². The molecule has 0 aromatic heterocycles. The van der Waals surface area contributed by atoms with Gasteiger partial charge in [-0.1, -0.05) is 60.7 Å². The predicted octanol–water partition coefficient (Wildman–Crippen LogP) is 4.92. The van der Waals surface area contributed by atoms with Gasteiger partial charge in [0.1, 0.15) is 18.2 Å². The zero-order valence-corrected chi connectivity index (χ0v) is 22.9. The fourth-order valence-electron chi connectivity index (χ4n) is 6.02. The number of piperidine rings is 1. The summed E-state index contributed by atoms with van der Waals surface area (Å²) in [5.74, 6) is 0.101. The van der Waals surface area contributed by atoms with E-state index in [9.17, 15) is 14.0 Å². The summed E-state index contributed by atoms with van der Waals surface area (Å²) in [4.78, 5) is 29.2. The van der Waals surface area contributed by atoms with Crippen LogP contribution in [0.25, 0.3) is 0 Å². The Labute approximate surface area is 234 Å². The molecule has 0 radical (unpaired) electrons. The van der Waals surface area contributed by atoms with Crippen LogP contribution in [0.1, 0.15) is 42.0 Å². The lowest BCUT2D eigenvalue weighted by Gasteiger charge is -2.43. The molecule has 0 aliphatic carbocycles. The van der Waals surface area contributed by atoms with Gasteiger partial charge in [-0.25, -0.2) is 9.18 Å². The molecule has 0 saturated carbocycles. The largest absolute Gasteiger partial charge is 0.496 e. The maximum atomic E-state index is 14.4. The van der Waals surface area contributed by atoms with Gasteiger partial charge < -0.3 is 19.7 Å². The molecule has 0 bridgehead atoms. The fourth-order valence-corrected chi connectivity index (χ4v) is 6.02. The normalized spacial score (nSPS) is 19.3. The Balaban J connectivity index is 1.19. The highest BCUT2D eigenvalue weighted by molar-refractivity contribution is 5.96. The number of hydrogen-bond acceptors (Lipinski definition) is 5. The van der Waals surface area contributed by atoms with Gasteiger partial charge >= 0.3 is 6.03 Å². The van der Waals surface area contributed by atoms with Gasteiger partial charge in [0.25, 0.3) is 5.91 Å². The van der Waals surface area contributed by atoms with Crippen LogP contribution in [0, 0.1) is 5.82 Å². The Morgan fingerprint density at radius 3 is 2.45 bits per heavy atom. The lowest BCUT2D eigenvalue weighted by atomic mass is 9.67. The smallest absolute Gasteiger partial charge is 0.324 e. The molecule has 2 saturated heterocycles. The number of benzene rings is 3. The number of rotatable bonds is 8. The van der Waals surface area contributed by atoms with Crippen molar-refractivity contribution < 1.29 is 23.5 Å². The van der Waals surface area contributed by atoms with Crippen molar-refractivity contribution in [2.45, 2.75) is 30.7 Å². The van der Waals surface area contributed by atoms with Crippen LogP contribution in [0.3, 0.4) is 0 Å². The minimum absolute atomic E-state index is 0.0935. The SMILES string of the molecule is COc1ccc(F)cc1C1(c2ccccc2)CCN(CCCNC(=O)N2C(=O)COC[C@H]2c2ccccc2)CC1. The predicted molar refractivity (Wildman–Crippen MR) is 151 cm³/mol. The second-order valence-corrected chi connectivity index (χ2v) is 10.4. The molecule has 2 aliphatic rings. The summed E-state index contributed by atoms with van der Waals surface area (Å²) in [5, 5.41) is 2.94. The number of methoxy groups -OCH3 is 1. The molecule has 0 spiro atoms. The maximum absolute atomic E-state index is 14.4. The Morgan fingerprint density at radius 2 is 1.75 bits per heavy atom. The Morgan fingerprint density at radius 1 is 1.05 bits per heavy atom. The second kappa shape index (κ2) is 12.6. The molecule has 0 unspecified atom stereocenters. The molecule has 2 fully saturated rings. The Hall–Kier alpha value is -3.75. The van der Waals surface area contributed by atoms with Gasteiger partial charge in [-0.3, -0.25) is 9.69 Å². The van der Waals surface area contributed by atoms with Gasteiger partial charge in [0.2, 0.25) is 0 Å². The minimum Gasteiger partial charge on any atom is -0.496 e. The molecule has 1 atom stereocenters. The number of halogens is 1. The van der Waals surface area contributed by atoms with Crippen molar-refractivity contribution in [2.75, 3.05) is 46.5 Å². The summed E-state index contributed by atoms with van der Waals surface area (Å²) in [5.41, 5.74) is 2.57. The Bertz CT molecular complexity index is 1300. The minimum atomic E-state index is -0.435. The first kappa shape index (κ1) is 27.8. The number of carbonyl (C=O) groups excluding carboxylic acids is 2. The van der Waals surface area contributed by atoms with Crippen molar-refractivity contribution >= 4 is 11.9 Å². The first-order valence-electron chi connectivity index (χ1n) is 13.9. The van der Waals surface area contributed by atoms with Crippen LogP contribution in [-0.4, -0.2) is 68.2 Å². The van der Waals surface area contributed by atoms with E-state index in [1.807, 2.05) is 48.5 Å². The van der Waals surface area contributed by atoms with E-state index in [2.05, 4.69) is 22.3 Å². The summed E-state index contributed by atoms with van der Waals surface area (Å²) in [6.45, 7) is 3.13. The lowest BCUT2D eigenvalue weighted by molar-refractivity contribution is -0.143. The van der Waals surface area contributed by atoms with Crippen LogP contribution < -0.4 is 10.1 Å². The highest BCUT2D eigenvalue weighted by atomic mass is 19.1. The van der Waals surface area contributed by atoms with Crippen molar-refractivity contribution in [2.24, 2.45) is 0 Å². The molecule has 8 heteroatoms. The van der Waals surface area contributed by atoms with E-state index in [4.69, 9.17) is 9.47 Å². The zero-order chi connectivity index (χ0) is 28.0. The average Bonchev–Trinajstić information content (AvgIpc) is 3.00. The number of hydrogen-bond donors (Lipinski definition) is 1. The van der Waals surface area contributed by atoms with Crippen LogP contribution >= 0.6 is 0 Å². The van der Waals surface area contributed by atoms with Gasteiger partial charge in [-0.05, 0) is 68.2 Å². The number of morpholine rings is 1. The highest BCUT2D eigenvalue weighted by Gasteiger charge is 2.40. The maximum Gasteiger partial charge on any atom is 0.324 e. The van der Waals surface area contributed by atoms with Crippen molar-refractivity contribution in [1.29, 1.82) is 0 Å². The first-order valence-corrected chi connectivity index (χ1v) is 13.9. The van der Waals surface area contributed by atoms with Crippen molar-refractivity contribution in [3.05, 3.63) is 101 Å². The summed E-state index contributed by atoms with van der Waals surface area (Å²) < 4.78 is 25.5. The van der Waals surface area contributed by atoms with E-state index in [-0.39, 0.29) is 36.4 Å². The highest BCUT2D eigenvalue weighted by Crippen LogP contribution is 2.45. The van der Waals surface area contributed by atoms with E-state index in [0.717, 1.165) is 55.6 Å². The Kier molecular flexibility index (Phi) is 8.77. The lowest BCUT2D eigenvalue weighted by Crippen LogP contribution is -2.52. The molecule has 40 heavy (non-hydrogen) atoms. The summed E-state index contributed by atoms with van der Waals surface area (Å²) >= 11 is 0. The van der Waals surface area contributed by atoms with Gasteiger partial charge in [-0.2, -0.15) is 0 Å². The van der Waals surface area contributed by atoms with Crippen LogP contribution in [0.2, 0.25) is 0 Å². The molecule has 3 aromatic rings. The van der Waals surface area contributed by atoms with Gasteiger partial charge in [-0.15, -0.1) is 0 Å². The zero-order valence-electron chi connectivity index (χ0n) is 22.9. The molecule has 5 rings (SSSR count). The third-order valence-electron chi connectivity index (χ3n) is 8.13. The summed E-state index contributed by atoms with van der Waals surface area (Å²) in [7, 11) is 1.63. The quantitative estimate of drug-likeness (QED) is 0.407. The number of amides is 3. The first-order chi connectivity index (χ1) is 19.5. The van der Waals surface area contributed by atoms with Crippen LogP contribution in [0.4, 0.5) is 9.18 Å². The molecule has 2 heterocycles. The number of ether oxygens (including phenoxy) is 2. The second-order valence-electron chi connectivity index (χ2n) is 10.4. The van der Waals surface area contributed by atoms with E-state index in [1.165, 1.54) is 11.0 Å². The molecule has 7 nitrogen and oxygen atoms in total. The molecule has 1 N–H and O–H groups in total. The number of carbonyl (C=O) groups is 2. The van der Waals surface area contributed by atoms with E-state index in [0.29, 0.717) is 12.3 Å². The van der Waals surface area contributed by atoms with Gasteiger partial charge in [0.15, 0.2) is 0 Å². The molecular weight excluding hydrogens is 509 g/mol. The monoisotopic (exact) mass is 545 g/mol. The molecule has 3 aromatic carbocycles. The van der Waals surface area contributed by atoms with E-state index in [1.54, 1.807) is 19.2 Å². The van der Waals surface area contributed by atoms with Gasteiger partial charge in [0.05, 0.1) is 19.8 Å². The van der Waals surface area contributed by atoms with Crippen molar-refractivity contribution in [3.8, 4) is 5.75 Å². The van der Waals surface area contributed by atoms with Gasteiger partial charge in [0, 0.05) is 17.5 Å². The van der Waals surface area contributed by atoms with Crippen molar-refractivity contribution in [1.82, 2.24) is 15.1 Å². The number of nitrogens with one attached hydrogen (secondary N) is 1. The standard InChI is InChI=1S/C32H36FN3O4/c1-39-29-14-13-26(33)21-27(29)32(25-11-6-3-7-12-25)15-19-35(20-16-32)18-8-17-34-31(38)36-28(22-40-23-30(36)37)24-9-4-2-5-10-24/h2-7,9-14,21,28H,8,15-20,22-23H2,1H3,(H,34,38)/t28-/m0/s1. The van der Waals surface area contributed by atoms with E-state index >= 15 is 0 Å². The summed E-state index contributed by atoms with van der Waals surface area (Å²) in [6, 6.07) is 23.7.